The zero-order valence-corrected chi connectivity index (χ0v) is 11.7. The molecule has 0 atom stereocenters. The molecule has 0 spiro atoms. The first-order chi connectivity index (χ1) is 10.2. The summed E-state index contributed by atoms with van der Waals surface area (Å²) in [7, 11) is 1.36. The van der Waals surface area contributed by atoms with Gasteiger partial charge in [-0.05, 0) is 37.1 Å². The molecule has 3 rings (SSSR count). The van der Waals surface area contributed by atoms with Crippen LogP contribution in [0.2, 0.25) is 0 Å². The van der Waals surface area contributed by atoms with Crippen LogP contribution in [0, 0.1) is 0 Å². The van der Waals surface area contributed by atoms with Crippen molar-refractivity contribution in [2.24, 2.45) is 0 Å². The van der Waals surface area contributed by atoms with Crippen molar-refractivity contribution in [3.8, 4) is 0 Å². The monoisotopic (exact) mass is 284 g/mol. The van der Waals surface area contributed by atoms with Gasteiger partial charge in [-0.25, -0.2) is 9.78 Å². The van der Waals surface area contributed by atoms with Crippen LogP contribution < -0.4 is 10.6 Å². The second-order valence-corrected chi connectivity index (χ2v) is 4.88. The molecule has 0 unspecified atom stereocenters. The van der Waals surface area contributed by atoms with E-state index in [1.54, 1.807) is 24.4 Å². The minimum absolute atomic E-state index is 0.372. The third kappa shape index (κ3) is 3.47. The minimum Gasteiger partial charge on any atom is -0.465 e. The summed E-state index contributed by atoms with van der Waals surface area (Å²) < 4.78 is 4.70. The van der Waals surface area contributed by atoms with E-state index in [1.807, 2.05) is 12.1 Å². The summed E-state index contributed by atoms with van der Waals surface area (Å²) in [5, 5.41) is 6.40. The number of anilines is 3. The van der Waals surface area contributed by atoms with E-state index in [4.69, 9.17) is 4.74 Å². The number of nitrogens with one attached hydrogen (secondary N) is 2. The highest BCUT2D eigenvalue weighted by molar-refractivity contribution is 5.90. The predicted molar refractivity (Wildman–Crippen MR) is 79.7 cm³/mol. The molecule has 21 heavy (non-hydrogen) atoms. The SMILES string of the molecule is COC(=O)c1cccc(Nc2nccc(NC3CC3)n2)c1. The molecule has 0 bridgehead atoms. The van der Waals surface area contributed by atoms with Crippen molar-refractivity contribution >= 4 is 23.4 Å². The lowest BCUT2D eigenvalue weighted by molar-refractivity contribution is 0.0601. The fourth-order valence-electron chi connectivity index (χ4n) is 1.91. The van der Waals surface area contributed by atoms with Gasteiger partial charge < -0.3 is 15.4 Å². The van der Waals surface area contributed by atoms with E-state index in [0.29, 0.717) is 17.6 Å². The first kappa shape index (κ1) is 13.4. The summed E-state index contributed by atoms with van der Waals surface area (Å²) >= 11 is 0. The summed E-state index contributed by atoms with van der Waals surface area (Å²) in [5.41, 5.74) is 1.22. The normalized spacial score (nSPS) is 13.6. The Morgan fingerprint density at radius 3 is 2.95 bits per heavy atom. The molecule has 0 amide bonds. The van der Waals surface area contributed by atoms with E-state index in [1.165, 1.54) is 20.0 Å². The van der Waals surface area contributed by atoms with Crippen LogP contribution in [0.4, 0.5) is 17.5 Å². The molecule has 0 aliphatic heterocycles. The lowest BCUT2D eigenvalue weighted by Crippen LogP contribution is -2.06. The van der Waals surface area contributed by atoms with Gasteiger partial charge in [-0.15, -0.1) is 0 Å². The summed E-state index contributed by atoms with van der Waals surface area (Å²) in [4.78, 5) is 20.1. The van der Waals surface area contributed by atoms with Crippen molar-refractivity contribution in [3.05, 3.63) is 42.1 Å². The largest absolute Gasteiger partial charge is 0.465 e. The van der Waals surface area contributed by atoms with E-state index >= 15 is 0 Å². The Balaban J connectivity index is 1.74. The van der Waals surface area contributed by atoms with Crippen molar-refractivity contribution in [2.45, 2.75) is 18.9 Å². The molecular weight excluding hydrogens is 268 g/mol. The van der Waals surface area contributed by atoms with Gasteiger partial charge in [0.25, 0.3) is 0 Å². The molecule has 1 aromatic heterocycles. The van der Waals surface area contributed by atoms with Gasteiger partial charge in [-0.2, -0.15) is 4.98 Å². The Hall–Kier alpha value is -2.63. The lowest BCUT2D eigenvalue weighted by Gasteiger charge is -2.08. The second kappa shape index (κ2) is 5.78. The Morgan fingerprint density at radius 1 is 1.33 bits per heavy atom. The summed E-state index contributed by atoms with van der Waals surface area (Å²) in [5.74, 6) is 0.922. The van der Waals surface area contributed by atoms with Crippen LogP contribution in [0.25, 0.3) is 0 Å². The van der Waals surface area contributed by atoms with E-state index in [9.17, 15) is 4.79 Å². The molecule has 108 valence electrons. The second-order valence-electron chi connectivity index (χ2n) is 4.88. The molecular formula is C15H16N4O2. The first-order valence-corrected chi connectivity index (χ1v) is 6.79. The molecule has 2 aromatic rings. The Bertz CT molecular complexity index is 656. The number of benzene rings is 1. The summed E-state index contributed by atoms with van der Waals surface area (Å²) in [6.07, 6.45) is 4.08. The lowest BCUT2D eigenvalue weighted by atomic mass is 10.2. The number of methoxy groups -OCH3 is 1. The van der Waals surface area contributed by atoms with Crippen molar-refractivity contribution in [1.82, 2.24) is 9.97 Å². The van der Waals surface area contributed by atoms with Crippen molar-refractivity contribution < 1.29 is 9.53 Å². The molecule has 1 fully saturated rings. The third-order valence-corrected chi connectivity index (χ3v) is 3.12. The molecule has 1 aliphatic carbocycles. The van der Waals surface area contributed by atoms with Gasteiger partial charge in [0.2, 0.25) is 5.95 Å². The average molecular weight is 284 g/mol. The average Bonchev–Trinajstić information content (AvgIpc) is 3.31. The molecule has 1 saturated carbocycles. The van der Waals surface area contributed by atoms with E-state index < -0.39 is 0 Å². The summed E-state index contributed by atoms with van der Waals surface area (Å²) in [6, 6.07) is 9.40. The van der Waals surface area contributed by atoms with Gasteiger partial charge in [0, 0.05) is 17.9 Å². The van der Waals surface area contributed by atoms with Crippen LogP contribution in [-0.2, 0) is 4.74 Å². The molecule has 6 heteroatoms. The van der Waals surface area contributed by atoms with E-state index in [-0.39, 0.29) is 5.97 Å². The van der Waals surface area contributed by atoms with E-state index in [0.717, 1.165) is 11.5 Å². The first-order valence-electron chi connectivity index (χ1n) is 6.79. The summed E-state index contributed by atoms with van der Waals surface area (Å²) in [6.45, 7) is 0. The molecule has 1 aromatic carbocycles. The third-order valence-electron chi connectivity index (χ3n) is 3.12. The molecule has 1 aliphatic rings. The van der Waals surface area contributed by atoms with E-state index in [2.05, 4.69) is 20.6 Å². The van der Waals surface area contributed by atoms with Crippen molar-refractivity contribution in [1.29, 1.82) is 0 Å². The van der Waals surface area contributed by atoms with Crippen molar-refractivity contribution in [2.75, 3.05) is 17.7 Å². The van der Waals surface area contributed by atoms with Gasteiger partial charge in [0.1, 0.15) is 5.82 Å². The Kier molecular flexibility index (Phi) is 3.68. The number of carbonyl (C=O) groups is 1. The predicted octanol–water partition coefficient (Wildman–Crippen LogP) is 2.58. The number of hydrogen-bond donors (Lipinski definition) is 2. The van der Waals surface area contributed by atoms with Gasteiger partial charge in [-0.1, -0.05) is 6.07 Å². The number of aromatic nitrogens is 2. The number of nitrogens with zero attached hydrogens (tertiary/aromatic N) is 2. The number of carbonyl (C=O) groups excluding carboxylic acids is 1. The van der Waals surface area contributed by atoms with Crippen LogP contribution >= 0.6 is 0 Å². The highest BCUT2D eigenvalue weighted by Gasteiger charge is 2.21. The maximum Gasteiger partial charge on any atom is 0.337 e. The van der Waals surface area contributed by atoms with Gasteiger partial charge in [-0.3, -0.25) is 0 Å². The van der Waals surface area contributed by atoms with Crippen molar-refractivity contribution in [3.63, 3.8) is 0 Å². The van der Waals surface area contributed by atoms with Crippen LogP contribution in [0.1, 0.15) is 23.2 Å². The molecule has 2 N–H and O–H groups in total. The fraction of sp³-hybridized carbons (Fsp3) is 0.267. The Labute approximate surface area is 122 Å². The number of hydrogen-bond acceptors (Lipinski definition) is 6. The fourth-order valence-corrected chi connectivity index (χ4v) is 1.91. The highest BCUT2D eigenvalue weighted by atomic mass is 16.5. The minimum atomic E-state index is -0.372. The van der Waals surface area contributed by atoms with Crippen LogP contribution in [-0.4, -0.2) is 29.1 Å². The molecule has 1 heterocycles. The highest BCUT2D eigenvalue weighted by Crippen LogP contribution is 2.24. The van der Waals surface area contributed by atoms with Gasteiger partial charge in [0.15, 0.2) is 0 Å². The van der Waals surface area contributed by atoms with Gasteiger partial charge in [0.05, 0.1) is 12.7 Å². The van der Waals surface area contributed by atoms with Gasteiger partial charge >= 0.3 is 5.97 Å². The Morgan fingerprint density at radius 2 is 2.19 bits per heavy atom. The number of rotatable bonds is 5. The standard InChI is InChI=1S/C15H16N4O2/c1-21-14(20)10-3-2-4-12(9-10)18-15-16-8-7-13(19-15)17-11-5-6-11/h2-4,7-9,11H,5-6H2,1H3,(H2,16,17,18,19). The molecule has 0 radical (unpaired) electrons. The number of ether oxygens (including phenoxy) is 1. The molecule has 0 saturated heterocycles. The quantitative estimate of drug-likeness (QED) is 0.822. The van der Waals surface area contributed by atoms with Crippen LogP contribution in [0.3, 0.4) is 0 Å². The van der Waals surface area contributed by atoms with Crippen LogP contribution in [0.5, 0.6) is 0 Å². The molecule has 6 nitrogen and oxygen atoms in total. The maximum absolute atomic E-state index is 11.5. The number of esters is 1. The van der Waals surface area contributed by atoms with Crippen LogP contribution in [0.15, 0.2) is 36.5 Å². The zero-order chi connectivity index (χ0) is 14.7. The smallest absolute Gasteiger partial charge is 0.337 e. The zero-order valence-electron chi connectivity index (χ0n) is 11.7. The topological polar surface area (TPSA) is 76.1 Å². The maximum atomic E-state index is 11.5.